The van der Waals surface area contributed by atoms with E-state index in [-0.39, 0.29) is 11.3 Å². The fraction of sp³-hybridized carbons (Fsp3) is 0.154. The van der Waals surface area contributed by atoms with Gasteiger partial charge in [0, 0.05) is 5.69 Å². The van der Waals surface area contributed by atoms with Crippen LogP contribution in [0.2, 0.25) is 0 Å². The second kappa shape index (κ2) is 8.30. The number of benzene rings is 3. The van der Waals surface area contributed by atoms with Gasteiger partial charge in [-0.3, -0.25) is 14.5 Å². The molecule has 3 aromatic rings. The van der Waals surface area contributed by atoms with Crippen LogP contribution in [0, 0.1) is 19.7 Å². The molecule has 0 radical (unpaired) electrons. The lowest BCUT2D eigenvalue weighted by molar-refractivity contribution is -0.132. The van der Waals surface area contributed by atoms with Crippen LogP contribution in [0.1, 0.15) is 28.3 Å². The van der Waals surface area contributed by atoms with Crippen LogP contribution in [0.3, 0.4) is 0 Å². The van der Waals surface area contributed by atoms with E-state index in [1.807, 2.05) is 26.0 Å². The monoisotopic (exact) mass is 431 g/mol. The number of hydrogen-bond donors (Lipinski definition) is 1. The molecule has 0 aromatic heterocycles. The highest BCUT2D eigenvalue weighted by Gasteiger charge is 2.47. The van der Waals surface area contributed by atoms with Crippen molar-refractivity contribution in [2.24, 2.45) is 0 Å². The molecule has 1 unspecified atom stereocenters. The van der Waals surface area contributed by atoms with Crippen LogP contribution in [-0.2, 0) is 9.59 Å². The number of aryl methyl sites for hydroxylation is 2. The molecule has 1 saturated heterocycles. The highest BCUT2D eigenvalue weighted by Crippen LogP contribution is 2.43. The standard InChI is InChI=1S/C26H22FNO4/c1-15-5-4-6-19(13-15)28-23(17-8-10-18(27)11-9-17)22(25(30)26(28)31)24(29)20-14-16(2)7-12-21(20)32-3/h4-14,23,29H,1-3H3/b24-22+. The Bertz CT molecular complexity index is 1250. The number of carbonyl (C=O) groups excluding carboxylic acids is 2. The number of aliphatic hydroxyl groups excluding tert-OH is 1. The van der Waals surface area contributed by atoms with Crippen LogP contribution in [0.25, 0.3) is 5.76 Å². The Morgan fingerprint density at radius 2 is 1.66 bits per heavy atom. The van der Waals surface area contributed by atoms with Crippen LogP contribution in [0.5, 0.6) is 5.75 Å². The van der Waals surface area contributed by atoms with Crippen molar-refractivity contribution in [3.8, 4) is 5.75 Å². The quantitative estimate of drug-likeness (QED) is 0.356. The molecule has 32 heavy (non-hydrogen) atoms. The number of ether oxygens (including phenoxy) is 1. The third-order valence-electron chi connectivity index (χ3n) is 5.52. The zero-order chi connectivity index (χ0) is 23.0. The number of amides is 1. The molecule has 1 amide bonds. The maximum atomic E-state index is 13.6. The molecular weight excluding hydrogens is 409 g/mol. The first-order valence-corrected chi connectivity index (χ1v) is 10.1. The van der Waals surface area contributed by atoms with Crippen molar-refractivity contribution in [3.63, 3.8) is 0 Å². The van der Waals surface area contributed by atoms with Crippen molar-refractivity contribution in [3.05, 3.63) is 100 Å². The Kier molecular flexibility index (Phi) is 5.53. The molecule has 0 spiro atoms. The summed E-state index contributed by atoms with van der Waals surface area (Å²) in [6.07, 6.45) is 0. The molecule has 1 heterocycles. The van der Waals surface area contributed by atoms with Gasteiger partial charge in [0.2, 0.25) is 0 Å². The minimum Gasteiger partial charge on any atom is -0.507 e. The van der Waals surface area contributed by atoms with E-state index in [0.717, 1.165) is 11.1 Å². The molecule has 4 rings (SSSR count). The van der Waals surface area contributed by atoms with Crippen molar-refractivity contribution in [2.45, 2.75) is 19.9 Å². The highest BCUT2D eigenvalue weighted by atomic mass is 19.1. The van der Waals surface area contributed by atoms with Gasteiger partial charge in [-0.2, -0.15) is 0 Å². The molecule has 0 bridgehead atoms. The van der Waals surface area contributed by atoms with E-state index in [2.05, 4.69) is 0 Å². The van der Waals surface area contributed by atoms with Gasteiger partial charge in [-0.15, -0.1) is 0 Å². The number of aliphatic hydroxyl groups is 1. The molecule has 6 heteroatoms. The summed E-state index contributed by atoms with van der Waals surface area (Å²) >= 11 is 0. The third-order valence-corrected chi connectivity index (χ3v) is 5.52. The Hall–Kier alpha value is -3.93. The molecule has 1 fully saturated rings. The van der Waals surface area contributed by atoms with Gasteiger partial charge >= 0.3 is 0 Å². The van der Waals surface area contributed by atoms with E-state index in [1.165, 1.54) is 36.3 Å². The molecule has 1 atom stereocenters. The van der Waals surface area contributed by atoms with Gasteiger partial charge < -0.3 is 9.84 Å². The van der Waals surface area contributed by atoms with E-state index in [9.17, 15) is 19.1 Å². The molecule has 5 nitrogen and oxygen atoms in total. The summed E-state index contributed by atoms with van der Waals surface area (Å²) in [4.78, 5) is 27.7. The molecule has 1 aliphatic heterocycles. The number of methoxy groups -OCH3 is 1. The Labute approximate surface area is 185 Å². The van der Waals surface area contributed by atoms with Crippen LogP contribution in [0.15, 0.2) is 72.3 Å². The Morgan fingerprint density at radius 1 is 0.969 bits per heavy atom. The SMILES string of the molecule is COc1ccc(C)cc1/C(O)=C1\C(=O)C(=O)N(c2cccc(C)c2)C1c1ccc(F)cc1. The van der Waals surface area contributed by atoms with Crippen molar-refractivity contribution < 1.29 is 23.8 Å². The summed E-state index contributed by atoms with van der Waals surface area (Å²) in [5.74, 6) is -2.00. The van der Waals surface area contributed by atoms with Gasteiger partial charge in [-0.25, -0.2) is 4.39 Å². The van der Waals surface area contributed by atoms with Crippen molar-refractivity contribution in [1.29, 1.82) is 0 Å². The van der Waals surface area contributed by atoms with E-state index >= 15 is 0 Å². The van der Waals surface area contributed by atoms with Gasteiger partial charge in [0.1, 0.15) is 17.3 Å². The fourth-order valence-electron chi connectivity index (χ4n) is 3.99. The largest absolute Gasteiger partial charge is 0.507 e. The first kappa shape index (κ1) is 21.3. The van der Waals surface area contributed by atoms with Crippen molar-refractivity contribution in [1.82, 2.24) is 0 Å². The van der Waals surface area contributed by atoms with E-state index < -0.39 is 23.5 Å². The minimum absolute atomic E-state index is 0.0768. The number of hydrogen-bond acceptors (Lipinski definition) is 4. The molecular formula is C26H22FNO4. The van der Waals surface area contributed by atoms with Crippen LogP contribution in [0.4, 0.5) is 10.1 Å². The summed E-state index contributed by atoms with van der Waals surface area (Å²) in [6, 6.07) is 17.0. The van der Waals surface area contributed by atoms with Crippen LogP contribution in [-0.4, -0.2) is 23.9 Å². The number of rotatable bonds is 4. The predicted octanol–water partition coefficient (Wildman–Crippen LogP) is 5.08. The van der Waals surface area contributed by atoms with Crippen LogP contribution >= 0.6 is 0 Å². The summed E-state index contributed by atoms with van der Waals surface area (Å²) in [5.41, 5.74) is 2.99. The molecule has 0 aliphatic carbocycles. The van der Waals surface area contributed by atoms with Crippen LogP contribution < -0.4 is 9.64 Å². The van der Waals surface area contributed by atoms with Gasteiger partial charge in [0.25, 0.3) is 11.7 Å². The highest BCUT2D eigenvalue weighted by molar-refractivity contribution is 6.51. The number of nitrogens with zero attached hydrogens (tertiary/aromatic N) is 1. The summed E-state index contributed by atoms with van der Waals surface area (Å²) in [5, 5.41) is 11.3. The summed E-state index contributed by atoms with van der Waals surface area (Å²) in [6.45, 7) is 3.73. The molecule has 1 aliphatic rings. The first-order valence-electron chi connectivity index (χ1n) is 10.1. The molecule has 162 valence electrons. The Balaban J connectivity index is 1.99. The number of carbonyl (C=O) groups is 2. The van der Waals surface area contributed by atoms with Crippen molar-refractivity contribution in [2.75, 3.05) is 12.0 Å². The number of Topliss-reactive ketones (excluding diaryl/α,β-unsaturated/α-hetero) is 1. The molecule has 3 aromatic carbocycles. The van der Waals surface area contributed by atoms with E-state index in [4.69, 9.17) is 4.74 Å². The Morgan fingerprint density at radius 3 is 2.31 bits per heavy atom. The van der Waals surface area contributed by atoms with Crippen molar-refractivity contribution >= 4 is 23.1 Å². The third kappa shape index (κ3) is 3.64. The zero-order valence-electron chi connectivity index (χ0n) is 17.9. The summed E-state index contributed by atoms with van der Waals surface area (Å²) < 4.78 is 19.0. The topological polar surface area (TPSA) is 66.8 Å². The van der Waals surface area contributed by atoms with Gasteiger partial charge in [-0.1, -0.05) is 35.9 Å². The zero-order valence-corrected chi connectivity index (χ0v) is 17.9. The smallest absolute Gasteiger partial charge is 0.300 e. The molecule has 1 N–H and O–H groups in total. The van der Waals surface area contributed by atoms with Gasteiger partial charge in [0.05, 0.1) is 24.3 Å². The van der Waals surface area contributed by atoms with Gasteiger partial charge in [0.15, 0.2) is 0 Å². The maximum Gasteiger partial charge on any atom is 0.300 e. The second-order valence-corrected chi connectivity index (χ2v) is 7.76. The average Bonchev–Trinajstić information content (AvgIpc) is 3.04. The summed E-state index contributed by atoms with van der Waals surface area (Å²) in [7, 11) is 1.46. The molecule has 0 saturated carbocycles. The first-order chi connectivity index (χ1) is 15.3. The lowest BCUT2D eigenvalue weighted by atomic mass is 9.94. The number of ketones is 1. The minimum atomic E-state index is -0.928. The van der Waals surface area contributed by atoms with Gasteiger partial charge in [-0.05, 0) is 61.4 Å². The fourth-order valence-corrected chi connectivity index (χ4v) is 3.99. The lowest BCUT2D eigenvalue weighted by Crippen LogP contribution is -2.29. The number of anilines is 1. The average molecular weight is 431 g/mol. The normalized spacial score (nSPS) is 17.6. The maximum absolute atomic E-state index is 13.6. The predicted molar refractivity (Wildman–Crippen MR) is 120 cm³/mol. The van der Waals surface area contributed by atoms with E-state index in [0.29, 0.717) is 22.6 Å². The lowest BCUT2D eigenvalue weighted by Gasteiger charge is -2.26. The van der Waals surface area contributed by atoms with E-state index in [1.54, 1.807) is 30.3 Å². The second-order valence-electron chi connectivity index (χ2n) is 7.76. The number of halogens is 1.